The molecule has 1 aromatic carbocycles. The van der Waals surface area contributed by atoms with E-state index in [9.17, 15) is 14.4 Å². The van der Waals surface area contributed by atoms with E-state index in [1.165, 1.54) is 0 Å². The highest BCUT2D eigenvalue weighted by Gasteiger charge is 2.10. The van der Waals surface area contributed by atoms with Crippen molar-refractivity contribution < 1.29 is 23.9 Å². The number of ether oxygens (including phenoxy) is 2. The van der Waals surface area contributed by atoms with Crippen LogP contribution in [0.5, 0.6) is 5.75 Å². The second kappa shape index (κ2) is 9.84. The van der Waals surface area contributed by atoms with Crippen LogP contribution < -0.4 is 15.4 Å². The molecule has 0 bridgehead atoms. The summed E-state index contributed by atoms with van der Waals surface area (Å²) >= 11 is 0. The molecule has 1 aromatic rings. The smallest absolute Gasteiger partial charge is 0.325 e. The molecule has 0 spiro atoms. The maximum Gasteiger partial charge on any atom is 0.325 e. The number of carbonyl (C=O) groups excluding carboxylic acids is 3. The Balaban J connectivity index is 2.33. The highest BCUT2D eigenvalue weighted by atomic mass is 16.5. The summed E-state index contributed by atoms with van der Waals surface area (Å²) in [6.07, 6.45) is 4.97. The van der Waals surface area contributed by atoms with E-state index >= 15 is 0 Å². The van der Waals surface area contributed by atoms with Crippen molar-refractivity contribution in [1.29, 1.82) is 0 Å². The molecule has 2 N–H and O–H groups in total. The lowest BCUT2D eigenvalue weighted by molar-refractivity contribution is -0.147. The highest BCUT2D eigenvalue weighted by molar-refractivity contribution is 5.96. The van der Waals surface area contributed by atoms with Crippen molar-refractivity contribution >= 4 is 17.8 Å². The fourth-order valence-electron chi connectivity index (χ4n) is 1.52. The van der Waals surface area contributed by atoms with Crippen LogP contribution in [0, 0.1) is 12.3 Å². The summed E-state index contributed by atoms with van der Waals surface area (Å²) in [6, 6.07) is 6.48. The maximum absolute atomic E-state index is 11.8. The number of hydrogen-bond acceptors (Lipinski definition) is 5. The second-order valence-electron chi connectivity index (χ2n) is 4.28. The summed E-state index contributed by atoms with van der Waals surface area (Å²) in [6.45, 7) is 1.67. The zero-order valence-corrected chi connectivity index (χ0v) is 12.8. The molecule has 2 amide bonds. The average molecular weight is 318 g/mol. The Morgan fingerprint density at radius 3 is 2.48 bits per heavy atom. The molecule has 0 fully saturated rings. The van der Waals surface area contributed by atoms with E-state index in [1.54, 1.807) is 24.3 Å². The van der Waals surface area contributed by atoms with Gasteiger partial charge in [0.1, 0.15) is 12.3 Å². The minimum Gasteiger partial charge on any atom is -0.494 e. The van der Waals surface area contributed by atoms with Crippen LogP contribution in [0.2, 0.25) is 0 Å². The normalized spacial score (nSPS) is 9.39. The Hall–Kier alpha value is -3.01. The summed E-state index contributed by atoms with van der Waals surface area (Å²) in [5.41, 5.74) is 0.382. The molecule has 0 saturated carbocycles. The molecule has 0 aromatic heterocycles. The first-order valence-electron chi connectivity index (χ1n) is 6.93. The second-order valence-corrected chi connectivity index (χ2v) is 4.28. The third-order valence-electron chi connectivity index (χ3n) is 2.57. The molecule has 0 saturated heterocycles. The minimum atomic E-state index is -0.722. The molecule has 0 aliphatic rings. The third kappa shape index (κ3) is 7.00. The molecule has 0 heterocycles. The quantitative estimate of drug-likeness (QED) is 0.524. The number of amides is 2. The molecule has 0 aliphatic carbocycles. The Morgan fingerprint density at radius 1 is 1.17 bits per heavy atom. The van der Waals surface area contributed by atoms with Crippen LogP contribution in [0.3, 0.4) is 0 Å². The van der Waals surface area contributed by atoms with Crippen LogP contribution in [0.15, 0.2) is 24.3 Å². The van der Waals surface area contributed by atoms with Crippen molar-refractivity contribution in [3.8, 4) is 18.1 Å². The van der Waals surface area contributed by atoms with Crippen molar-refractivity contribution in [2.24, 2.45) is 0 Å². The van der Waals surface area contributed by atoms with Gasteiger partial charge in [-0.1, -0.05) is 5.92 Å². The largest absolute Gasteiger partial charge is 0.494 e. The zero-order valence-electron chi connectivity index (χ0n) is 12.8. The zero-order chi connectivity index (χ0) is 17.1. The van der Waals surface area contributed by atoms with Crippen molar-refractivity contribution in [3.63, 3.8) is 0 Å². The van der Waals surface area contributed by atoms with E-state index in [0.29, 0.717) is 17.9 Å². The van der Waals surface area contributed by atoms with Gasteiger partial charge in [-0.05, 0) is 31.2 Å². The molecular weight excluding hydrogens is 300 g/mol. The van der Waals surface area contributed by atoms with Gasteiger partial charge in [0.15, 0.2) is 6.61 Å². The van der Waals surface area contributed by atoms with Crippen LogP contribution in [0.25, 0.3) is 0 Å². The topological polar surface area (TPSA) is 93.7 Å². The summed E-state index contributed by atoms with van der Waals surface area (Å²) in [5.74, 6) is 1.22. The summed E-state index contributed by atoms with van der Waals surface area (Å²) < 4.78 is 9.95. The maximum atomic E-state index is 11.8. The Morgan fingerprint density at radius 2 is 1.87 bits per heavy atom. The molecule has 0 aliphatic heterocycles. The first kappa shape index (κ1) is 18.0. The lowest BCUT2D eigenvalue weighted by atomic mass is 10.2. The van der Waals surface area contributed by atoms with E-state index in [1.807, 2.05) is 6.92 Å². The van der Waals surface area contributed by atoms with Gasteiger partial charge in [0, 0.05) is 5.56 Å². The SMILES string of the molecule is C#CCNC(=O)COC(=O)CNC(=O)c1ccc(OCC)cc1. The van der Waals surface area contributed by atoms with E-state index in [4.69, 9.17) is 11.2 Å². The molecule has 1 rings (SSSR count). The van der Waals surface area contributed by atoms with Gasteiger partial charge in [0.05, 0.1) is 13.2 Å². The van der Waals surface area contributed by atoms with E-state index in [2.05, 4.69) is 21.3 Å². The van der Waals surface area contributed by atoms with Crippen molar-refractivity contribution in [3.05, 3.63) is 29.8 Å². The fourth-order valence-corrected chi connectivity index (χ4v) is 1.52. The molecule has 23 heavy (non-hydrogen) atoms. The van der Waals surface area contributed by atoms with Crippen molar-refractivity contribution in [1.82, 2.24) is 10.6 Å². The van der Waals surface area contributed by atoms with Crippen LogP contribution in [-0.2, 0) is 14.3 Å². The van der Waals surface area contributed by atoms with Gasteiger partial charge < -0.3 is 20.1 Å². The standard InChI is InChI=1S/C16H18N2O5/c1-3-9-17-14(19)11-23-15(20)10-18-16(21)12-5-7-13(8-6-12)22-4-2/h1,5-8H,4,9-11H2,2H3,(H,17,19)(H,18,21). The highest BCUT2D eigenvalue weighted by Crippen LogP contribution is 2.11. The summed E-state index contributed by atoms with van der Waals surface area (Å²) in [4.78, 5) is 34.4. The molecule has 0 unspecified atom stereocenters. The van der Waals surface area contributed by atoms with Gasteiger partial charge in [-0.3, -0.25) is 14.4 Å². The van der Waals surface area contributed by atoms with Gasteiger partial charge in [0.2, 0.25) is 0 Å². The summed E-state index contributed by atoms with van der Waals surface area (Å²) in [5, 5.41) is 4.74. The predicted molar refractivity (Wildman–Crippen MR) is 82.7 cm³/mol. The van der Waals surface area contributed by atoms with Crippen LogP contribution in [-0.4, -0.2) is 44.1 Å². The van der Waals surface area contributed by atoms with Gasteiger partial charge >= 0.3 is 5.97 Å². The predicted octanol–water partition coefficient (Wildman–Crippen LogP) is 0.108. The number of rotatable bonds is 8. The number of nitrogens with one attached hydrogen (secondary N) is 2. The van der Waals surface area contributed by atoms with Gasteiger partial charge in [0.25, 0.3) is 11.8 Å². The molecule has 7 heteroatoms. The van der Waals surface area contributed by atoms with E-state index in [-0.39, 0.29) is 13.1 Å². The minimum absolute atomic E-state index is 0.0604. The average Bonchev–Trinajstić information content (AvgIpc) is 2.56. The number of hydrogen-bond donors (Lipinski definition) is 2. The van der Waals surface area contributed by atoms with Crippen LogP contribution >= 0.6 is 0 Å². The number of esters is 1. The summed E-state index contributed by atoms with van der Waals surface area (Å²) in [7, 11) is 0. The number of terminal acetylenes is 1. The van der Waals surface area contributed by atoms with Gasteiger partial charge in [-0.25, -0.2) is 0 Å². The number of carbonyl (C=O) groups is 3. The van der Waals surface area contributed by atoms with Crippen LogP contribution in [0.4, 0.5) is 0 Å². The number of benzene rings is 1. The molecule has 0 radical (unpaired) electrons. The molecular formula is C16H18N2O5. The fraction of sp³-hybridized carbons (Fsp3) is 0.312. The lowest BCUT2D eigenvalue weighted by Gasteiger charge is -2.07. The van der Waals surface area contributed by atoms with E-state index in [0.717, 1.165) is 0 Å². The Kier molecular flexibility index (Phi) is 7.72. The monoisotopic (exact) mass is 318 g/mol. The third-order valence-corrected chi connectivity index (χ3v) is 2.57. The van der Waals surface area contributed by atoms with Crippen LogP contribution in [0.1, 0.15) is 17.3 Å². The first-order chi connectivity index (χ1) is 11.1. The van der Waals surface area contributed by atoms with Gasteiger partial charge in [-0.2, -0.15) is 0 Å². The lowest BCUT2D eigenvalue weighted by Crippen LogP contribution is -2.34. The first-order valence-corrected chi connectivity index (χ1v) is 6.93. The Labute approximate surface area is 134 Å². The van der Waals surface area contributed by atoms with Crippen molar-refractivity contribution in [2.45, 2.75) is 6.92 Å². The van der Waals surface area contributed by atoms with Crippen molar-refractivity contribution in [2.75, 3.05) is 26.3 Å². The molecule has 122 valence electrons. The molecule has 7 nitrogen and oxygen atoms in total. The molecule has 0 atom stereocenters. The Bertz CT molecular complexity index is 589. The van der Waals surface area contributed by atoms with E-state index < -0.39 is 24.4 Å². The van der Waals surface area contributed by atoms with Gasteiger partial charge in [-0.15, -0.1) is 6.42 Å².